The third-order valence-electron chi connectivity index (χ3n) is 5.12. The highest BCUT2D eigenvalue weighted by Gasteiger charge is 2.15. The van der Waals surface area contributed by atoms with Gasteiger partial charge in [0.25, 0.3) is 5.91 Å². The van der Waals surface area contributed by atoms with Crippen LogP contribution in [0.2, 0.25) is 0 Å². The average Bonchev–Trinajstić information content (AvgIpc) is 2.79. The molecule has 0 atom stereocenters. The van der Waals surface area contributed by atoms with Gasteiger partial charge in [-0.15, -0.1) is 0 Å². The maximum atomic E-state index is 14.4. The van der Waals surface area contributed by atoms with Gasteiger partial charge in [-0.3, -0.25) is 9.59 Å². The molecule has 4 nitrogen and oxygen atoms in total. The van der Waals surface area contributed by atoms with Crippen LogP contribution in [-0.2, 0) is 11.2 Å². The van der Waals surface area contributed by atoms with Crippen molar-refractivity contribution in [3.8, 4) is 11.1 Å². The van der Waals surface area contributed by atoms with Crippen LogP contribution in [0.5, 0.6) is 0 Å². The van der Waals surface area contributed by atoms with Gasteiger partial charge in [-0.25, -0.2) is 4.39 Å². The van der Waals surface area contributed by atoms with E-state index in [0.717, 1.165) is 21.9 Å². The third kappa shape index (κ3) is 4.61. The molecule has 0 aliphatic heterocycles. The number of carboxylic acids is 1. The number of carbonyl (C=O) groups excluding carboxylic acids is 1. The van der Waals surface area contributed by atoms with Crippen LogP contribution >= 0.6 is 0 Å². The van der Waals surface area contributed by atoms with Crippen molar-refractivity contribution in [3.05, 3.63) is 102 Å². The maximum Gasteiger partial charge on any atom is 0.303 e. The molecule has 154 valence electrons. The van der Waals surface area contributed by atoms with Gasteiger partial charge < -0.3 is 10.4 Å². The van der Waals surface area contributed by atoms with Crippen LogP contribution in [0, 0.1) is 5.82 Å². The summed E-state index contributed by atoms with van der Waals surface area (Å²) in [6.45, 7) is 0. The van der Waals surface area contributed by atoms with Crippen LogP contribution in [0.4, 0.5) is 10.1 Å². The van der Waals surface area contributed by atoms with Crippen molar-refractivity contribution >= 4 is 28.3 Å². The molecule has 0 saturated heterocycles. The zero-order valence-electron chi connectivity index (χ0n) is 16.6. The SMILES string of the molecule is O=C(O)CCc1ccc(F)c(NC(=O)c2cc(-c3ccccc3)cc3ccccc23)c1. The molecule has 0 aliphatic rings. The van der Waals surface area contributed by atoms with E-state index in [9.17, 15) is 14.0 Å². The van der Waals surface area contributed by atoms with Crippen molar-refractivity contribution in [2.75, 3.05) is 5.32 Å². The summed E-state index contributed by atoms with van der Waals surface area (Å²) in [7, 11) is 0. The Bertz CT molecular complexity index is 1270. The number of benzene rings is 4. The molecule has 0 unspecified atom stereocenters. The van der Waals surface area contributed by atoms with Crippen molar-refractivity contribution < 1.29 is 19.1 Å². The molecule has 0 heterocycles. The minimum Gasteiger partial charge on any atom is -0.481 e. The monoisotopic (exact) mass is 413 g/mol. The molecule has 4 aromatic carbocycles. The van der Waals surface area contributed by atoms with Gasteiger partial charge in [-0.1, -0.05) is 60.7 Å². The van der Waals surface area contributed by atoms with E-state index >= 15 is 0 Å². The Morgan fingerprint density at radius 2 is 1.58 bits per heavy atom. The first-order valence-electron chi connectivity index (χ1n) is 9.91. The summed E-state index contributed by atoms with van der Waals surface area (Å²) in [4.78, 5) is 24.0. The number of hydrogen-bond donors (Lipinski definition) is 2. The fourth-order valence-corrected chi connectivity index (χ4v) is 3.56. The van der Waals surface area contributed by atoms with Gasteiger partial charge in [-0.2, -0.15) is 0 Å². The second-order valence-electron chi connectivity index (χ2n) is 7.27. The second kappa shape index (κ2) is 8.79. The second-order valence-corrected chi connectivity index (χ2v) is 7.27. The van der Waals surface area contributed by atoms with Crippen LogP contribution in [0.3, 0.4) is 0 Å². The van der Waals surface area contributed by atoms with E-state index in [4.69, 9.17) is 5.11 Å². The summed E-state index contributed by atoms with van der Waals surface area (Å²) in [5.41, 5.74) is 2.97. The zero-order chi connectivity index (χ0) is 21.8. The molecular weight excluding hydrogens is 393 g/mol. The topological polar surface area (TPSA) is 66.4 Å². The minimum atomic E-state index is -0.931. The molecule has 5 heteroatoms. The number of carboxylic acid groups (broad SMARTS) is 1. The fourth-order valence-electron chi connectivity index (χ4n) is 3.56. The summed E-state index contributed by atoms with van der Waals surface area (Å²) < 4.78 is 14.4. The molecule has 4 rings (SSSR count). The van der Waals surface area contributed by atoms with E-state index in [1.165, 1.54) is 18.2 Å². The molecule has 0 radical (unpaired) electrons. The van der Waals surface area contributed by atoms with E-state index < -0.39 is 17.7 Å². The first-order chi connectivity index (χ1) is 15.0. The largest absolute Gasteiger partial charge is 0.481 e. The molecule has 31 heavy (non-hydrogen) atoms. The highest BCUT2D eigenvalue weighted by Crippen LogP contribution is 2.29. The quantitative estimate of drug-likeness (QED) is 0.413. The van der Waals surface area contributed by atoms with Crippen LogP contribution < -0.4 is 5.32 Å². The first kappa shape index (κ1) is 20.3. The number of anilines is 1. The predicted molar refractivity (Wildman–Crippen MR) is 120 cm³/mol. The van der Waals surface area contributed by atoms with Gasteiger partial charge in [0, 0.05) is 12.0 Å². The lowest BCUT2D eigenvalue weighted by Gasteiger charge is -2.13. The first-order valence-corrected chi connectivity index (χ1v) is 9.91. The Morgan fingerprint density at radius 3 is 2.35 bits per heavy atom. The number of halogens is 1. The summed E-state index contributed by atoms with van der Waals surface area (Å²) in [6.07, 6.45) is 0.188. The summed E-state index contributed by atoms with van der Waals surface area (Å²) in [5, 5.41) is 13.2. The van der Waals surface area contributed by atoms with Gasteiger partial charge in [0.05, 0.1) is 5.69 Å². The fraction of sp³-hybridized carbons (Fsp3) is 0.0769. The number of hydrogen-bond acceptors (Lipinski definition) is 2. The van der Waals surface area contributed by atoms with Crippen molar-refractivity contribution in [2.45, 2.75) is 12.8 Å². The maximum absolute atomic E-state index is 14.4. The standard InChI is InChI=1S/C26H20FNO3/c27-23-12-10-17(11-13-25(29)30)14-24(23)28-26(31)22-16-20(18-6-2-1-3-7-18)15-19-8-4-5-9-21(19)22/h1-10,12,14-16H,11,13H2,(H,28,31)(H,29,30). The van der Waals surface area contributed by atoms with Gasteiger partial charge >= 0.3 is 5.97 Å². The molecular formula is C26H20FNO3. The number of nitrogens with one attached hydrogen (secondary N) is 1. The van der Waals surface area contributed by atoms with Crippen molar-refractivity contribution in [3.63, 3.8) is 0 Å². The average molecular weight is 413 g/mol. The van der Waals surface area contributed by atoms with Crippen molar-refractivity contribution in [1.29, 1.82) is 0 Å². The van der Waals surface area contributed by atoms with Crippen LogP contribution in [0.15, 0.2) is 84.9 Å². The molecule has 0 aromatic heterocycles. The van der Waals surface area contributed by atoms with E-state index in [2.05, 4.69) is 5.32 Å². The lowest BCUT2D eigenvalue weighted by Crippen LogP contribution is -2.14. The minimum absolute atomic E-state index is 0.0297. The highest BCUT2D eigenvalue weighted by molar-refractivity contribution is 6.14. The van der Waals surface area contributed by atoms with Crippen molar-refractivity contribution in [1.82, 2.24) is 0 Å². The van der Waals surface area contributed by atoms with E-state index in [1.807, 2.05) is 60.7 Å². The Kier molecular flexibility index (Phi) is 5.76. The number of fused-ring (bicyclic) bond motifs is 1. The molecule has 0 saturated carbocycles. The highest BCUT2D eigenvalue weighted by atomic mass is 19.1. The molecule has 0 spiro atoms. The van der Waals surface area contributed by atoms with Crippen molar-refractivity contribution in [2.24, 2.45) is 0 Å². The molecule has 0 bridgehead atoms. The van der Waals surface area contributed by atoms with Gasteiger partial charge in [-0.05, 0) is 58.1 Å². The normalized spacial score (nSPS) is 10.7. The van der Waals surface area contributed by atoms with Crippen LogP contribution in [0.25, 0.3) is 21.9 Å². The van der Waals surface area contributed by atoms with E-state index in [1.54, 1.807) is 6.07 Å². The number of rotatable bonds is 6. The molecule has 0 fully saturated rings. The Hall–Kier alpha value is -3.99. The molecule has 0 aliphatic carbocycles. The molecule has 2 N–H and O–H groups in total. The molecule has 1 amide bonds. The van der Waals surface area contributed by atoms with Gasteiger partial charge in [0.2, 0.25) is 0 Å². The smallest absolute Gasteiger partial charge is 0.303 e. The summed E-state index contributed by atoms with van der Waals surface area (Å²) in [6, 6.07) is 25.4. The molecule has 4 aromatic rings. The van der Waals surface area contributed by atoms with Crippen LogP contribution in [-0.4, -0.2) is 17.0 Å². The number of aryl methyl sites for hydroxylation is 1. The third-order valence-corrected chi connectivity index (χ3v) is 5.12. The summed E-state index contributed by atoms with van der Waals surface area (Å²) in [5.74, 6) is -1.93. The van der Waals surface area contributed by atoms with E-state index in [-0.39, 0.29) is 18.5 Å². The number of amides is 1. The zero-order valence-corrected chi connectivity index (χ0v) is 16.6. The van der Waals surface area contributed by atoms with Gasteiger partial charge in [0.15, 0.2) is 0 Å². The Labute approximate surface area is 179 Å². The van der Waals surface area contributed by atoms with E-state index in [0.29, 0.717) is 11.1 Å². The van der Waals surface area contributed by atoms with Gasteiger partial charge in [0.1, 0.15) is 5.82 Å². The van der Waals surface area contributed by atoms with Crippen LogP contribution in [0.1, 0.15) is 22.3 Å². The summed E-state index contributed by atoms with van der Waals surface area (Å²) >= 11 is 0. The number of aliphatic carboxylic acids is 1. The lowest BCUT2D eigenvalue weighted by molar-refractivity contribution is -0.136. The Balaban J connectivity index is 1.71. The number of carbonyl (C=O) groups is 2. The predicted octanol–water partition coefficient (Wildman–Crippen LogP) is 5.92. The lowest BCUT2D eigenvalue weighted by atomic mass is 9.96. The Morgan fingerprint density at radius 1 is 0.839 bits per heavy atom.